The number of para-hydroxylation sites is 3. The molecule has 0 atom stereocenters. The molecule has 1 aliphatic rings. The monoisotopic (exact) mass is 348 g/mol. The minimum Gasteiger partial charge on any atom is -0.378 e. The zero-order valence-electron chi connectivity index (χ0n) is 14.6. The van der Waals surface area contributed by atoms with Crippen molar-refractivity contribution in [1.82, 2.24) is 9.97 Å². The van der Waals surface area contributed by atoms with E-state index in [1.54, 1.807) is 0 Å². The predicted molar refractivity (Wildman–Crippen MR) is 102 cm³/mol. The number of hydrogen-bond acceptors (Lipinski definition) is 5. The summed E-state index contributed by atoms with van der Waals surface area (Å²) in [5, 5.41) is 2.97. The van der Waals surface area contributed by atoms with Crippen molar-refractivity contribution in [2.75, 3.05) is 36.5 Å². The third-order valence-electron chi connectivity index (χ3n) is 4.47. The molecule has 1 saturated heterocycles. The lowest BCUT2D eigenvalue weighted by molar-refractivity contribution is 0.102. The molecule has 6 nitrogen and oxygen atoms in total. The number of aromatic nitrogens is 2. The highest BCUT2D eigenvalue weighted by molar-refractivity contribution is 6.07. The van der Waals surface area contributed by atoms with Gasteiger partial charge in [0.1, 0.15) is 0 Å². The van der Waals surface area contributed by atoms with Crippen LogP contribution in [0.3, 0.4) is 0 Å². The standard InChI is InChI=1S/C20H20N4O2/c1-14-6-2-3-7-15(14)23-20(25)18-19(24-10-12-26-13-11-24)22-17-9-5-4-8-16(17)21-18/h2-9H,10-13H2,1H3,(H,23,25). The molecule has 1 fully saturated rings. The summed E-state index contributed by atoms with van der Waals surface area (Å²) in [5.41, 5.74) is 3.61. The zero-order valence-corrected chi connectivity index (χ0v) is 14.6. The average Bonchev–Trinajstić information content (AvgIpc) is 2.69. The summed E-state index contributed by atoms with van der Waals surface area (Å²) >= 11 is 0. The number of aryl methyl sites for hydroxylation is 1. The molecule has 0 spiro atoms. The molecule has 6 heteroatoms. The highest BCUT2D eigenvalue weighted by Gasteiger charge is 2.23. The van der Waals surface area contributed by atoms with Gasteiger partial charge in [0, 0.05) is 18.8 Å². The van der Waals surface area contributed by atoms with Gasteiger partial charge in [-0.3, -0.25) is 4.79 Å². The zero-order chi connectivity index (χ0) is 17.9. The fourth-order valence-electron chi connectivity index (χ4n) is 3.03. The molecule has 132 valence electrons. The molecule has 0 aliphatic carbocycles. The van der Waals surface area contributed by atoms with Crippen molar-refractivity contribution in [2.24, 2.45) is 0 Å². The second-order valence-electron chi connectivity index (χ2n) is 6.25. The van der Waals surface area contributed by atoms with E-state index in [1.165, 1.54) is 0 Å². The number of ether oxygens (including phenoxy) is 1. The molecule has 1 N–H and O–H groups in total. The van der Waals surface area contributed by atoms with E-state index in [1.807, 2.05) is 55.5 Å². The van der Waals surface area contributed by atoms with Crippen molar-refractivity contribution >= 4 is 28.4 Å². The van der Waals surface area contributed by atoms with Crippen LogP contribution in [-0.2, 0) is 4.74 Å². The molecule has 0 bridgehead atoms. The van der Waals surface area contributed by atoms with Crippen molar-refractivity contribution in [1.29, 1.82) is 0 Å². The van der Waals surface area contributed by atoms with Gasteiger partial charge in [-0.1, -0.05) is 30.3 Å². The van der Waals surface area contributed by atoms with Gasteiger partial charge >= 0.3 is 0 Å². The minimum absolute atomic E-state index is 0.251. The molecule has 26 heavy (non-hydrogen) atoms. The first kappa shape index (κ1) is 16.5. The minimum atomic E-state index is -0.251. The van der Waals surface area contributed by atoms with Crippen LogP contribution in [0.15, 0.2) is 48.5 Å². The number of nitrogens with one attached hydrogen (secondary N) is 1. The summed E-state index contributed by atoms with van der Waals surface area (Å²) in [6.45, 7) is 4.58. The Labute approximate surface area is 151 Å². The van der Waals surface area contributed by atoms with Crippen LogP contribution in [0.1, 0.15) is 16.1 Å². The molecular formula is C20H20N4O2. The van der Waals surface area contributed by atoms with Crippen LogP contribution < -0.4 is 10.2 Å². The van der Waals surface area contributed by atoms with Gasteiger partial charge in [-0.15, -0.1) is 0 Å². The normalized spacial score (nSPS) is 14.4. The lowest BCUT2D eigenvalue weighted by Crippen LogP contribution is -2.38. The Morgan fingerprint density at radius 2 is 1.65 bits per heavy atom. The van der Waals surface area contributed by atoms with Crippen LogP contribution in [0.2, 0.25) is 0 Å². The molecule has 1 aromatic heterocycles. The number of rotatable bonds is 3. The molecule has 2 heterocycles. The van der Waals surface area contributed by atoms with E-state index in [2.05, 4.69) is 15.2 Å². The quantitative estimate of drug-likeness (QED) is 0.788. The first-order valence-corrected chi connectivity index (χ1v) is 8.69. The molecule has 0 unspecified atom stereocenters. The van der Waals surface area contributed by atoms with Crippen molar-refractivity contribution in [2.45, 2.75) is 6.92 Å². The smallest absolute Gasteiger partial charge is 0.278 e. The van der Waals surface area contributed by atoms with Crippen LogP contribution in [0, 0.1) is 6.92 Å². The van der Waals surface area contributed by atoms with Crippen molar-refractivity contribution in [3.8, 4) is 0 Å². The molecular weight excluding hydrogens is 328 g/mol. The van der Waals surface area contributed by atoms with Gasteiger partial charge in [0.25, 0.3) is 5.91 Å². The SMILES string of the molecule is Cc1ccccc1NC(=O)c1nc2ccccc2nc1N1CCOCC1. The first-order valence-electron chi connectivity index (χ1n) is 8.69. The van der Waals surface area contributed by atoms with Gasteiger partial charge in [0.05, 0.1) is 24.2 Å². The van der Waals surface area contributed by atoms with E-state index in [4.69, 9.17) is 9.72 Å². The Balaban J connectivity index is 1.76. The Hall–Kier alpha value is -2.99. The average molecular weight is 348 g/mol. The van der Waals surface area contributed by atoms with Crippen molar-refractivity contribution < 1.29 is 9.53 Å². The number of carbonyl (C=O) groups is 1. The number of benzene rings is 2. The van der Waals surface area contributed by atoms with E-state index >= 15 is 0 Å². The van der Waals surface area contributed by atoms with E-state index in [9.17, 15) is 4.79 Å². The fraction of sp³-hybridized carbons (Fsp3) is 0.250. The Morgan fingerprint density at radius 3 is 2.38 bits per heavy atom. The second kappa shape index (κ2) is 7.09. The highest BCUT2D eigenvalue weighted by atomic mass is 16.5. The molecule has 1 aliphatic heterocycles. The molecule has 3 aromatic rings. The number of morpholine rings is 1. The summed E-state index contributed by atoms with van der Waals surface area (Å²) in [6.07, 6.45) is 0. The van der Waals surface area contributed by atoms with Crippen LogP contribution in [0.4, 0.5) is 11.5 Å². The van der Waals surface area contributed by atoms with E-state index in [-0.39, 0.29) is 5.91 Å². The van der Waals surface area contributed by atoms with Gasteiger partial charge in [-0.2, -0.15) is 0 Å². The van der Waals surface area contributed by atoms with Crippen LogP contribution in [0.5, 0.6) is 0 Å². The largest absolute Gasteiger partial charge is 0.378 e. The summed E-state index contributed by atoms with van der Waals surface area (Å²) in [7, 11) is 0. The fourth-order valence-corrected chi connectivity index (χ4v) is 3.03. The second-order valence-corrected chi connectivity index (χ2v) is 6.25. The molecule has 1 amide bonds. The summed E-state index contributed by atoms with van der Waals surface area (Å²) in [5.74, 6) is 0.358. The Kier molecular flexibility index (Phi) is 4.50. The number of anilines is 2. The van der Waals surface area contributed by atoms with Crippen molar-refractivity contribution in [3.05, 3.63) is 59.8 Å². The van der Waals surface area contributed by atoms with Gasteiger partial charge in [-0.05, 0) is 30.7 Å². The Bertz CT molecular complexity index is 951. The van der Waals surface area contributed by atoms with Crippen LogP contribution in [-0.4, -0.2) is 42.2 Å². The molecule has 0 radical (unpaired) electrons. The number of carbonyl (C=O) groups excluding carboxylic acids is 1. The van der Waals surface area contributed by atoms with E-state index < -0.39 is 0 Å². The lowest BCUT2D eigenvalue weighted by Gasteiger charge is -2.29. The van der Waals surface area contributed by atoms with E-state index in [0.29, 0.717) is 43.3 Å². The van der Waals surface area contributed by atoms with Crippen molar-refractivity contribution in [3.63, 3.8) is 0 Å². The maximum atomic E-state index is 13.0. The maximum absolute atomic E-state index is 13.0. The van der Waals surface area contributed by atoms with Gasteiger partial charge in [-0.25, -0.2) is 9.97 Å². The Morgan fingerprint density at radius 1 is 1.00 bits per heavy atom. The first-order chi connectivity index (χ1) is 12.7. The lowest BCUT2D eigenvalue weighted by atomic mass is 10.2. The van der Waals surface area contributed by atoms with Crippen LogP contribution in [0.25, 0.3) is 11.0 Å². The number of nitrogens with zero attached hydrogens (tertiary/aromatic N) is 3. The topological polar surface area (TPSA) is 67.4 Å². The molecule has 2 aromatic carbocycles. The number of hydrogen-bond donors (Lipinski definition) is 1. The van der Waals surface area contributed by atoms with Gasteiger partial charge < -0.3 is 15.0 Å². The number of fused-ring (bicyclic) bond motifs is 1. The van der Waals surface area contributed by atoms with Gasteiger partial charge in [0.15, 0.2) is 11.5 Å². The third kappa shape index (κ3) is 3.23. The summed E-state index contributed by atoms with van der Waals surface area (Å²) in [4.78, 5) is 24.4. The summed E-state index contributed by atoms with van der Waals surface area (Å²) in [6, 6.07) is 15.3. The molecule has 4 rings (SSSR count). The predicted octanol–water partition coefficient (Wildman–Crippen LogP) is 3.03. The number of amides is 1. The van der Waals surface area contributed by atoms with Gasteiger partial charge in [0.2, 0.25) is 0 Å². The van der Waals surface area contributed by atoms with E-state index in [0.717, 1.165) is 16.8 Å². The highest BCUT2D eigenvalue weighted by Crippen LogP contribution is 2.23. The van der Waals surface area contributed by atoms with Crippen LogP contribution >= 0.6 is 0 Å². The molecule has 0 saturated carbocycles. The maximum Gasteiger partial charge on any atom is 0.278 e. The third-order valence-corrected chi connectivity index (χ3v) is 4.47. The summed E-state index contributed by atoms with van der Waals surface area (Å²) < 4.78 is 5.43.